The molecule has 1 heterocycles. The molecule has 132 valence electrons. The highest BCUT2D eigenvalue weighted by molar-refractivity contribution is 5.79. The van der Waals surface area contributed by atoms with E-state index in [4.69, 9.17) is 18.9 Å². The van der Waals surface area contributed by atoms with E-state index in [-0.39, 0.29) is 19.3 Å². The zero-order chi connectivity index (χ0) is 17.4. The molecular weight excluding hydrogens is 312 g/mol. The molecule has 2 unspecified atom stereocenters. The van der Waals surface area contributed by atoms with E-state index in [1.807, 2.05) is 24.3 Å². The summed E-state index contributed by atoms with van der Waals surface area (Å²) in [6, 6.07) is 7.37. The van der Waals surface area contributed by atoms with E-state index in [2.05, 4.69) is 0 Å². The van der Waals surface area contributed by atoms with Crippen LogP contribution >= 0.6 is 0 Å². The molecule has 24 heavy (non-hydrogen) atoms. The van der Waals surface area contributed by atoms with Crippen LogP contribution < -0.4 is 4.74 Å². The Hall–Kier alpha value is -2.08. The second kappa shape index (κ2) is 9.27. The highest BCUT2D eigenvalue weighted by atomic mass is 16.7. The second-order valence-electron chi connectivity index (χ2n) is 5.58. The van der Waals surface area contributed by atoms with Crippen molar-refractivity contribution >= 4 is 11.9 Å². The smallest absolute Gasteiger partial charge is 0.347 e. The summed E-state index contributed by atoms with van der Waals surface area (Å²) >= 11 is 0. The fraction of sp³-hybridized carbons (Fsp3) is 0.556. The maximum absolute atomic E-state index is 12.0. The summed E-state index contributed by atoms with van der Waals surface area (Å²) in [7, 11) is 0. The average molecular weight is 336 g/mol. The minimum Gasteiger partial charge on any atom is -0.465 e. The van der Waals surface area contributed by atoms with Gasteiger partial charge in [-0.05, 0) is 31.4 Å². The lowest BCUT2D eigenvalue weighted by molar-refractivity contribution is -0.166. The number of ether oxygens (including phenoxy) is 4. The molecular formula is C18H24O6. The lowest BCUT2D eigenvalue weighted by atomic mass is 10.1. The Kier molecular flexibility index (Phi) is 7.06. The standard InChI is InChI=1S/C18H24O6/c1-3-21-18(20)16(23-13(2)19)12-14-8-4-5-9-15(14)24-17-10-6-7-11-22-17/h4-5,8-9,16-17H,3,6-7,10-12H2,1-2H3. The summed E-state index contributed by atoms with van der Waals surface area (Å²) in [6.45, 7) is 3.89. The van der Waals surface area contributed by atoms with Gasteiger partial charge in [0.1, 0.15) is 5.75 Å². The van der Waals surface area contributed by atoms with Gasteiger partial charge < -0.3 is 18.9 Å². The van der Waals surface area contributed by atoms with Crippen LogP contribution in [0, 0.1) is 0 Å². The summed E-state index contributed by atoms with van der Waals surface area (Å²) in [6.07, 6.45) is 1.86. The predicted molar refractivity (Wildman–Crippen MR) is 86.6 cm³/mol. The van der Waals surface area contributed by atoms with Crippen LogP contribution in [0.25, 0.3) is 0 Å². The van der Waals surface area contributed by atoms with E-state index in [1.54, 1.807) is 6.92 Å². The Morgan fingerprint density at radius 3 is 2.75 bits per heavy atom. The third-order valence-electron chi connectivity index (χ3n) is 3.63. The van der Waals surface area contributed by atoms with Crippen LogP contribution in [-0.4, -0.2) is 37.5 Å². The molecule has 0 radical (unpaired) electrons. The first-order valence-electron chi connectivity index (χ1n) is 8.30. The van der Waals surface area contributed by atoms with Crippen LogP contribution in [0.2, 0.25) is 0 Å². The third-order valence-corrected chi connectivity index (χ3v) is 3.63. The maximum Gasteiger partial charge on any atom is 0.347 e. The van der Waals surface area contributed by atoms with Crippen LogP contribution in [0.3, 0.4) is 0 Å². The normalized spacial score (nSPS) is 18.5. The topological polar surface area (TPSA) is 71.1 Å². The quantitative estimate of drug-likeness (QED) is 0.713. The SMILES string of the molecule is CCOC(=O)C(Cc1ccccc1OC1CCCCO1)OC(C)=O. The van der Waals surface area contributed by atoms with Crippen molar-refractivity contribution < 1.29 is 28.5 Å². The first kappa shape index (κ1) is 18.3. The summed E-state index contributed by atoms with van der Waals surface area (Å²) in [5, 5.41) is 0. The lowest BCUT2D eigenvalue weighted by Gasteiger charge is -2.25. The van der Waals surface area contributed by atoms with E-state index in [0.717, 1.165) is 24.8 Å². The van der Waals surface area contributed by atoms with Crippen LogP contribution in [0.15, 0.2) is 24.3 Å². The van der Waals surface area contributed by atoms with Crippen molar-refractivity contribution in [2.45, 2.75) is 51.9 Å². The number of carbonyl (C=O) groups is 2. The molecule has 0 spiro atoms. The van der Waals surface area contributed by atoms with Gasteiger partial charge in [0.25, 0.3) is 0 Å². The third kappa shape index (κ3) is 5.53. The monoisotopic (exact) mass is 336 g/mol. The predicted octanol–water partition coefficient (Wildman–Crippen LogP) is 2.63. The van der Waals surface area contributed by atoms with Crippen LogP contribution in [0.5, 0.6) is 5.75 Å². The molecule has 1 aliphatic heterocycles. The number of hydrogen-bond donors (Lipinski definition) is 0. The van der Waals surface area contributed by atoms with Gasteiger partial charge in [-0.1, -0.05) is 18.2 Å². The van der Waals surface area contributed by atoms with Crippen LogP contribution in [0.1, 0.15) is 38.7 Å². The molecule has 6 nitrogen and oxygen atoms in total. The number of hydrogen-bond acceptors (Lipinski definition) is 6. The first-order chi connectivity index (χ1) is 11.6. The van der Waals surface area contributed by atoms with Gasteiger partial charge in [-0.25, -0.2) is 4.79 Å². The van der Waals surface area contributed by atoms with Crippen LogP contribution in [0.4, 0.5) is 0 Å². The van der Waals surface area contributed by atoms with Gasteiger partial charge in [-0.3, -0.25) is 4.79 Å². The Morgan fingerprint density at radius 2 is 2.08 bits per heavy atom. The molecule has 1 aromatic carbocycles. The minimum atomic E-state index is -0.987. The van der Waals surface area contributed by atoms with Gasteiger partial charge in [-0.15, -0.1) is 0 Å². The average Bonchev–Trinajstić information content (AvgIpc) is 2.57. The molecule has 2 atom stereocenters. The summed E-state index contributed by atoms with van der Waals surface area (Å²) in [5.74, 6) is -0.454. The fourth-order valence-electron chi connectivity index (χ4n) is 2.54. The molecule has 6 heteroatoms. The molecule has 1 saturated heterocycles. The molecule has 0 aromatic heterocycles. The van der Waals surface area contributed by atoms with Crippen molar-refractivity contribution in [1.29, 1.82) is 0 Å². The van der Waals surface area contributed by atoms with Gasteiger partial charge in [0.05, 0.1) is 13.2 Å². The number of rotatable bonds is 7. The van der Waals surface area contributed by atoms with E-state index in [1.165, 1.54) is 6.92 Å². The summed E-state index contributed by atoms with van der Waals surface area (Å²) in [5.41, 5.74) is 0.769. The number of para-hydroxylation sites is 1. The van der Waals surface area contributed by atoms with E-state index in [9.17, 15) is 9.59 Å². The van der Waals surface area contributed by atoms with Crippen molar-refractivity contribution in [2.24, 2.45) is 0 Å². The highest BCUT2D eigenvalue weighted by Crippen LogP contribution is 2.25. The van der Waals surface area contributed by atoms with Crippen molar-refractivity contribution in [3.8, 4) is 5.75 Å². The summed E-state index contributed by atoms with van der Waals surface area (Å²) in [4.78, 5) is 23.3. The van der Waals surface area contributed by atoms with Gasteiger partial charge in [0.15, 0.2) is 6.29 Å². The molecule has 0 saturated carbocycles. The molecule has 0 bridgehead atoms. The van der Waals surface area contributed by atoms with E-state index in [0.29, 0.717) is 12.4 Å². The van der Waals surface area contributed by atoms with Crippen molar-refractivity contribution in [2.75, 3.05) is 13.2 Å². The van der Waals surface area contributed by atoms with Gasteiger partial charge in [-0.2, -0.15) is 0 Å². The van der Waals surface area contributed by atoms with E-state index >= 15 is 0 Å². The molecule has 1 aromatic rings. The van der Waals surface area contributed by atoms with Crippen molar-refractivity contribution in [3.05, 3.63) is 29.8 Å². The molecule has 0 amide bonds. The Morgan fingerprint density at radius 1 is 1.29 bits per heavy atom. The molecule has 1 aliphatic rings. The molecule has 1 fully saturated rings. The number of benzene rings is 1. The van der Waals surface area contributed by atoms with Gasteiger partial charge in [0.2, 0.25) is 6.10 Å². The maximum atomic E-state index is 12.0. The highest BCUT2D eigenvalue weighted by Gasteiger charge is 2.25. The number of carbonyl (C=O) groups excluding carboxylic acids is 2. The Labute approximate surface area is 142 Å². The zero-order valence-electron chi connectivity index (χ0n) is 14.2. The molecule has 2 rings (SSSR count). The molecule has 0 N–H and O–H groups in total. The zero-order valence-corrected chi connectivity index (χ0v) is 14.2. The Bertz CT molecular complexity index is 550. The lowest BCUT2D eigenvalue weighted by Crippen LogP contribution is -2.31. The van der Waals surface area contributed by atoms with Gasteiger partial charge in [0, 0.05) is 19.8 Å². The van der Waals surface area contributed by atoms with E-state index < -0.39 is 18.0 Å². The van der Waals surface area contributed by atoms with Crippen molar-refractivity contribution in [3.63, 3.8) is 0 Å². The van der Waals surface area contributed by atoms with Crippen molar-refractivity contribution in [1.82, 2.24) is 0 Å². The largest absolute Gasteiger partial charge is 0.465 e. The minimum absolute atomic E-state index is 0.196. The Balaban J connectivity index is 2.10. The summed E-state index contributed by atoms with van der Waals surface area (Å²) < 4.78 is 21.6. The second-order valence-corrected chi connectivity index (χ2v) is 5.58. The molecule has 0 aliphatic carbocycles. The first-order valence-corrected chi connectivity index (χ1v) is 8.30. The fourth-order valence-corrected chi connectivity index (χ4v) is 2.54. The number of esters is 2. The van der Waals surface area contributed by atoms with Gasteiger partial charge >= 0.3 is 11.9 Å². The van der Waals surface area contributed by atoms with Crippen LogP contribution in [-0.2, 0) is 30.2 Å².